The lowest BCUT2D eigenvalue weighted by atomic mass is 10.0. The zero-order valence-corrected chi connectivity index (χ0v) is 17.7. The van der Waals surface area contributed by atoms with Crippen LogP contribution < -0.4 is 5.43 Å². The van der Waals surface area contributed by atoms with Crippen LogP contribution in [0.1, 0.15) is 95.4 Å². The lowest BCUT2D eigenvalue weighted by Crippen LogP contribution is -2.24. The van der Waals surface area contributed by atoms with Crippen molar-refractivity contribution in [3.8, 4) is 0 Å². The molecular weight excluding hydrogens is 336 g/mol. The predicted octanol–water partition coefficient (Wildman–Crippen LogP) is 5.79. The topological polar surface area (TPSA) is 54.3 Å². The smallest absolute Gasteiger partial charge is 0.238 e. The molecule has 1 unspecified atom stereocenters. The van der Waals surface area contributed by atoms with Crippen molar-refractivity contribution in [3.05, 3.63) is 35.7 Å². The van der Waals surface area contributed by atoms with Gasteiger partial charge in [0, 0.05) is 17.8 Å². The summed E-state index contributed by atoms with van der Waals surface area (Å²) in [5.41, 5.74) is 5.05. The number of carbonyl (C=O) groups is 1. The number of carbonyl (C=O) groups excluding carboxylic acids is 1. The summed E-state index contributed by atoms with van der Waals surface area (Å²) in [7, 11) is 0. The van der Waals surface area contributed by atoms with Gasteiger partial charge in [-0.1, -0.05) is 57.6 Å². The van der Waals surface area contributed by atoms with Gasteiger partial charge >= 0.3 is 0 Å². The number of amides is 1. The van der Waals surface area contributed by atoms with E-state index in [1.54, 1.807) is 0 Å². The van der Waals surface area contributed by atoms with Gasteiger partial charge in [0.05, 0.1) is 6.10 Å². The second-order valence-electron chi connectivity index (χ2n) is 7.64. The highest BCUT2D eigenvalue weighted by atomic mass is 16.3. The molecule has 1 heterocycles. The first-order valence-electron chi connectivity index (χ1n) is 10.8. The number of aryl methyl sites for hydroxylation is 2. The molecule has 4 heteroatoms. The van der Waals surface area contributed by atoms with Crippen LogP contribution in [-0.2, 0) is 4.79 Å². The molecule has 0 fully saturated rings. The van der Waals surface area contributed by atoms with Gasteiger partial charge in [0.15, 0.2) is 0 Å². The SMILES string of the molecule is CCCC/C=C/CCC(O)CCCCCCCC(=O)Nn1c(C)ccc1C. The molecule has 27 heavy (non-hydrogen) atoms. The number of aromatic nitrogens is 1. The van der Waals surface area contributed by atoms with Crippen molar-refractivity contribution < 1.29 is 9.90 Å². The summed E-state index contributed by atoms with van der Waals surface area (Å²) >= 11 is 0. The van der Waals surface area contributed by atoms with Crippen LogP contribution in [0.4, 0.5) is 0 Å². The highest BCUT2D eigenvalue weighted by Crippen LogP contribution is 2.12. The molecule has 4 nitrogen and oxygen atoms in total. The number of rotatable bonds is 15. The van der Waals surface area contributed by atoms with Crippen molar-refractivity contribution >= 4 is 5.91 Å². The van der Waals surface area contributed by atoms with Crippen LogP contribution in [0.25, 0.3) is 0 Å². The molecule has 1 atom stereocenters. The van der Waals surface area contributed by atoms with Crippen molar-refractivity contribution in [1.82, 2.24) is 4.68 Å². The zero-order chi connectivity index (χ0) is 19.9. The van der Waals surface area contributed by atoms with E-state index in [-0.39, 0.29) is 12.0 Å². The first kappa shape index (κ1) is 23.5. The van der Waals surface area contributed by atoms with Gasteiger partial charge in [-0.05, 0) is 58.1 Å². The van der Waals surface area contributed by atoms with Gasteiger partial charge < -0.3 is 5.11 Å². The Morgan fingerprint density at radius 1 is 1.00 bits per heavy atom. The molecule has 0 aliphatic rings. The summed E-state index contributed by atoms with van der Waals surface area (Å²) in [6, 6.07) is 4.01. The summed E-state index contributed by atoms with van der Waals surface area (Å²) in [6.45, 7) is 6.19. The van der Waals surface area contributed by atoms with Gasteiger partial charge in [-0.25, -0.2) is 0 Å². The Balaban J connectivity index is 1.96. The van der Waals surface area contributed by atoms with E-state index in [4.69, 9.17) is 0 Å². The Bertz CT molecular complexity index is 529. The third-order valence-electron chi connectivity index (χ3n) is 5.01. The van der Waals surface area contributed by atoms with Crippen LogP contribution in [0, 0.1) is 13.8 Å². The minimum atomic E-state index is -0.167. The van der Waals surface area contributed by atoms with E-state index in [0.29, 0.717) is 6.42 Å². The Morgan fingerprint density at radius 3 is 2.33 bits per heavy atom. The first-order chi connectivity index (χ1) is 13.0. The molecule has 0 aromatic carbocycles. The minimum Gasteiger partial charge on any atom is -0.393 e. The normalized spacial score (nSPS) is 12.6. The lowest BCUT2D eigenvalue weighted by Gasteiger charge is -2.11. The maximum Gasteiger partial charge on any atom is 0.238 e. The first-order valence-corrected chi connectivity index (χ1v) is 10.8. The number of nitrogens with zero attached hydrogens (tertiary/aromatic N) is 1. The molecule has 0 radical (unpaired) electrons. The van der Waals surface area contributed by atoms with E-state index in [1.807, 2.05) is 30.7 Å². The molecule has 0 aliphatic carbocycles. The third kappa shape index (κ3) is 11.0. The van der Waals surface area contributed by atoms with Crippen molar-refractivity contribution in [1.29, 1.82) is 0 Å². The molecular formula is C23H40N2O2. The molecule has 1 aromatic rings. The van der Waals surface area contributed by atoms with Gasteiger partial charge in [-0.3, -0.25) is 14.9 Å². The number of allylic oxidation sites excluding steroid dienone is 2. The molecule has 1 aromatic heterocycles. The number of aliphatic hydroxyl groups is 1. The van der Waals surface area contributed by atoms with Gasteiger partial charge in [0.2, 0.25) is 5.91 Å². The van der Waals surface area contributed by atoms with Crippen LogP contribution >= 0.6 is 0 Å². The summed E-state index contributed by atoms with van der Waals surface area (Å²) in [4.78, 5) is 12.0. The van der Waals surface area contributed by atoms with E-state index in [0.717, 1.165) is 69.2 Å². The highest BCUT2D eigenvalue weighted by molar-refractivity contribution is 5.83. The average molecular weight is 377 g/mol. The van der Waals surface area contributed by atoms with E-state index in [9.17, 15) is 9.90 Å². The van der Waals surface area contributed by atoms with E-state index >= 15 is 0 Å². The second-order valence-corrected chi connectivity index (χ2v) is 7.64. The quantitative estimate of drug-likeness (QED) is 0.300. The highest BCUT2D eigenvalue weighted by Gasteiger charge is 2.06. The minimum absolute atomic E-state index is 0.0832. The van der Waals surface area contributed by atoms with Crippen molar-refractivity contribution in [3.63, 3.8) is 0 Å². The molecule has 1 rings (SSSR count). The molecule has 0 spiro atoms. The van der Waals surface area contributed by atoms with Crippen LogP contribution in [0.5, 0.6) is 0 Å². The largest absolute Gasteiger partial charge is 0.393 e. The molecule has 2 N–H and O–H groups in total. The summed E-state index contributed by atoms with van der Waals surface area (Å²) in [6.07, 6.45) is 16.6. The summed E-state index contributed by atoms with van der Waals surface area (Å²) < 4.78 is 1.85. The molecule has 0 saturated heterocycles. The van der Waals surface area contributed by atoms with Gasteiger partial charge in [-0.15, -0.1) is 0 Å². The maximum atomic E-state index is 12.0. The standard InChI is InChI=1S/C23H40N2O2/c1-4-5-6-7-9-12-15-22(26)16-13-10-8-11-14-17-23(27)24-25-20(2)18-19-21(25)3/h7,9,18-19,22,26H,4-6,8,10-17H2,1-3H3,(H,24,27)/b9-7+. The van der Waals surface area contributed by atoms with Crippen molar-refractivity contribution in [2.24, 2.45) is 0 Å². The van der Waals surface area contributed by atoms with Crippen LogP contribution in [0.15, 0.2) is 24.3 Å². The van der Waals surface area contributed by atoms with Gasteiger partial charge in [0.1, 0.15) is 0 Å². The van der Waals surface area contributed by atoms with Crippen molar-refractivity contribution in [2.75, 3.05) is 5.43 Å². The predicted molar refractivity (Wildman–Crippen MR) is 114 cm³/mol. The number of aliphatic hydroxyl groups excluding tert-OH is 1. The fourth-order valence-electron chi connectivity index (χ4n) is 3.21. The second kappa shape index (κ2) is 14.5. The third-order valence-corrected chi connectivity index (χ3v) is 5.01. The monoisotopic (exact) mass is 376 g/mol. The molecule has 1 amide bonds. The Hall–Kier alpha value is -1.55. The number of hydrogen-bond acceptors (Lipinski definition) is 2. The van der Waals surface area contributed by atoms with Gasteiger partial charge in [-0.2, -0.15) is 0 Å². The van der Waals surface area contributed by atoms with Crippen molar-refractivity contribution in [2.45, 2.75) is 104 Å². The summed E-state index contributed by atoms with van der Waals surface area (Å²) in [5, 5.41) is 10.0. The average Bonchev–Trinajstić information content (AvgIpc) is 2.95. The summed E-state index contributed by atoms with van der Waals surface area (Å²) in [5.74, 6) is 0.0832. The Morgan fingerprint density at radius 2 is 1.63 bits per heavy atom. The maximum absolute atomic E-state index is 12.0. The Kier molecular flexibility index (Phi) is 12.6. The van der Waals surface area contributed by atoms with E-state index in [1.165, 1.54) is 12.8 Å². The number of unbranched alkanes of at least 4 members (excludes halogenated alkanes) is 6. The molecule has 154 valence electrons. The number of hydrogen-bond donors (Lipinski definition) is 2. The molecule has 0 saturated carbocycles. The molecule has 0 aliphatic heterocycles. The Labute approximate surface area is 166 Å². The van der Waals surface area contributed by atoms with Crippen LogP contribution in [0.3, 0.4) is 0 Å². The van der Waals surface area contributed by atoms with Gasteiger partial charge in [0.25, 0.3) is 0 Å². The van der Waals surface area contributed by atoms with Crippen LogP contribution in [0.2, 0.25) is 0 Å². The fraction of sp³-hybridized carbons (Fsp3) is 0.696. The lowest BCUT2D eigenvalue weighted by molar-refractivity contribution is -0.117. The van der Waals surface area contributed by atoms with E-state index < -0.39 is 0 Å². The van der Waals surface area contributed by atoms with E-state index in [2.05, 4.69) is 24.5 Å². The zero-order valence-electron chi connectivity index (χ0n) is 17.7. The number of nitrogens with one attached hydrogen (secondary N) is 1. The molecule has 0 bridgehead atoms. The van der Waals surface area contributed by atoms with Crippen LogP contribution in [-0.4, -0.2) is 21.8 Å². The fourth-order valence-corrected chi connectivity index (χ4v) is 3.21.